The topological polar surface area (TPSA) is 20.3 Å². The van der Waals surface area contributed by atoms with Crippen LogP contribution in [0.5, 0.6) is 0 Å². The maximum atomic E-state index is 12.2. The van der Waals surface area contributed by atoms with Crippen molar-refractivity contribution in [1.82, 2.24) is 4.90 Å². The van der Waals surface area contributed by atoms with Crippen molar-refractivity contribution in [3.8, 4) is 0 Å². The number of unbranched alkanes of at least 4 members (excludes halogenated alkanes) is 6. The molecule has 1 aliphatic carbocycles. The molecule has 20 heavy (non-hydrogen) atoms. The predicted molar refractivity (Wildman–Crippen MR) is 89.6 cm³/mol. The van der Waals surface area contributed by atoms with E-state index in [0.29, 0.717) is 5.78 Å². The molecule has 1 rings (SSSR count). The molecule has 1 fully saturated rings. The van der Waals surface area contributed by atoms with Gasteiger partial charge < -0.3 is 4.90 Å². The molecule has 0 aromatic carbocycles. The Morgan fingerprint density at radius 3 is 2.45 bits per heavy atom. The van der Waals surface area contributed by atoms with Gasteiger partial charge in [-0.3, -0.25) is 4.79 Å². The molecule has 3 heteroatoms. The van der Waals surface area contributed by atoms with Crippen LogP contribution in [0, 0.1) is 5.92 Å². The minimum atomic E-state index is 0. The monoisotopic (exact) mass is 301 g/mol. The molecule has 0 heterocycles. The van der Waals surface area contributed by atoms with Crippen LogP contribution in [-0.4, -0.2) is 31.3 Å². The van der Waals surface area contributed by atoms with Gasteiger partial charge in [0.05, 0.1) is 0 Å². The fourth-order valence-electron chi connectivity index (χ4n) is 2.86. The average molecular weight is 302 g/mol. The second-order valence-electron chi connectivity index (χ2n) is 6.15. The van der Waals surface area contributed by atoms with Gasteiger partial charge in [0.2, 0.25) is 0 Å². The lowest BCUT2D eigenvalue weighted by Gasteiger charge is -2.13. The Balaban J connectivity index is 0.00000361. The molecule has 0 N–H and O–H groups in total. The number of rotatable bonds is 9. The highest BCUT2D eigenvalue weighted by atomic mass is 35.5. The molecule has 0 aliphatic heterocycles. The first-order valence-electron chi connectivity index (χ1n) is 8.03. The maximum Gasteiger partial charge on any atom is 0.162 e. The van der Waals surface area contributed by atoms with Crippen LogP contribution in [0.1, 0.15) is 64.7 Å². The third kappa shape index (κ3) is 7.44. The number of nitrogens with zero attached hydrogens (tertiary/aromatic N) is 1. The van der Waals surface area contributed by atoms with Crippen LogP contribution < -0.4 is 0 Å². The van der Waals surface area contributed by atoms with E-state index >= 15 is 0 Å². The molecule has 118 valence electrons. The quantitative estimate of drug-likeness (QED) is 0.457. The summed E-state index contributed by atoms with van der Waals surface area (Å²) in [5.74, 6) is 0.672. The van der Waals surface area contributed by atoms with Gasteiger partial charge in [0.25, 0.3) is 0 Å². The van der Waals surface area contributed by atoms with E-state index in [0.717, 1.165) is 31.4 Å². The zero-order valence-electron chi connectivity index (χ0n) is 13.5. The smallest absolute Gasteiger partial charge is 0.162 e. The van der Waals surface area contributed by atoms with Crippen molar-refractivity contribution < 1.29 is 4.79 Å². The number of Topliss-reactive ketones (excluding diaryl/α,β-unsaturated/α-hetero) is 1. The number of hydrogen-bond acceptors (Lipinski definition) is 2. The lowest BCUT2D eigenvalue weighted by atomic mass is 10.0. The molecule has 1 aliphatic rings. The van der Waals surface area contributed by atoms with E-state index in [2.05, 4.69) is 17.9 Å². The van der Waals surface area contributed by atoms with Crippen molar-refractivity contribution >= 4 is 18.2 Å². The van der Waals surface area contributed by atoms with Crippen molar-refractivity contribution in [2.24, 2.45) is 5.92 Å². The Hall–Kier alpha value is -0.340. The van der Waals surface area contributed by atoms with E-state index in [1.54, 1.807) is 0 Å². The van der Waals surface area contributed by atoms with Crippen LogP contribution in [-0.2, 0) is 4.79 Å². The molecular weight excluding hydrogens is 270 g/mol. The summed E-state index contributed by atoms with van der Waals surface area (Å²) in [5.41, 5.74) is 1.11. The Bertz CT molecular complexity index is 299. The SMILES string of the molecule is CCCCCCCC/C=C1\CCC(CN(C)C)C1=O.Cl. The Kier molecular flexibility index (Phi) is 11.1. The standard InChI is InChI=1S/C17H31NO.ClH/c1-4-5-6-7-8-9-10-11-15-12-13-16(17(15)19)14-18(2)3;/h11,16H,4-10,12-14H2,1-3H3;1H/b15-11+;. The van der Waals surface area contributed by atoms with E-state index in [-0.39, 0.29) is 18.3 Å². The number of halogens is 1. The molecule has 1 unspecified atom stereocenters. The third-order valence-electron chi connectivity index (χ3n) is 3.98. The number of ketones is 1. The molecule has 0 spiro atoms. The van der Waals surface area contributed by atoms with Crippen molar-refractivity contribution in [2.45, 2.75) is 64.7 Å². The van der Waals surface area contributed by atoms with Crippen LogP contribution in [0.25, 0.3) is 0 Å². The Morgan fingerprint density at radius 1 is 1.15 bits per heavy atom. The summed E-state index contributed by atoms with van der Waals surface area (Å²) in [6.07, 6.45) is 13.4. The number of allylic oxidation sites excluding steroid dienone is 2. The Labute approximate surface area is 131 Å². The molecule has 0 aromatic rings. The van der Waals surface area contributed by atoms with Crippen molar-refractivity contribution in [3.63, 3.8) is 0 Å². The fourth-order valence-corrected chi connectivity index (χ4v) is 2.86. The van der Waals surface area contributed by atoms with Crippen molar-refractivity contribution in [3.05, 3.63) is 11.6 Å². The van der Waals surface area contributed by atoms with Crippen molar-refractivity contribution in [1.29, 1.82) is 0 Å². The highest BCUT2D eigenvalue weighted by molar-refractivity contribution is 5.99. The molecule has 0 saturated heterocycles. The first-order valence-corrected chi connectivity index (χ1v) is 8.03. The first kappa shape index (κ1) is 19.7. The lowest BCUT2D eigenvalue weighted by molar-refractivity contribution is -0.118. The van der Waals surface area contributed by atoms with Crippen LogP contribution in [0.3, 0.4) is 0 Å². The summed E-state index contributed by atoms with van der Waals surface area (Å²) in [4.78, 5) is 14.3. The number of hydrogen-bond donors (Lipinski definition) is 0. The molecule has 0 bridgehead atoms. The van der Waals surface area contributed by atoms with Gasteiger partial charge in [0.15, 0.2) is 5.78 Å². The van der Waals surface area contributed by atoms with E-state index in [9.17, 15) is 4.79 Å². The second-order valence-corrected chi connectivity index (χ2v) is 6.15. The number of carbonyl (C=O) groups is 1. The summed E-state index contributed by atoms with van der Waals surface area (Å²) < 4.78 is 0. The van der Waals surface area contributed by atoms with E-state index in [4.69, 9.17) is 0 Å². The summed E-state index contributed by atoms with van der Waals surface area (Å²) in [7, 11) is 4.09. The summed E-state index contributed by atoms with van der Waals surface area (Å²) in [5, 5.41) is 0. The van der Waals surface area contributed by atoms with Crippen LogP contribution in [0.2, 0.25) is 0 Å². The van der Waals surface area contributed by atoms with Gasteiger partial charge in [-0.05, 0) is 45.4 Å². The highest BCUT2D eigenvalue weighted by Crippen LogP contribution is 2.27. The van der Waals surface area contributed by atoms with Gasteiger partial charge >= 0.3 is 0 Å². The van der Waals surface area contributed by atoms with Gasteiger partial charge in [-0.15, -0.1) is 12.4 Å². The largest absolute Gasteiger partial charge is 0.309 e. The summed E-state index contributed by atoms with van der Waals surface area (Å²) in [6, 6.07) is 0. The van der Waals surface area contributed by atoms with E-state index < -0.39 is 0 Å². The average Bonchev–Trinajstić information content (AvgIpc) is 2.70. The lowest BCUT2D eigenvalue weighted by Crippen LogP contribution is -2.24. The first-order chi connectivity index (χ1) is 9.15. The molecule has 0 radical (unpaired) electrons. The molecule has 1 atom stereocenters. The van der Waals surface area contributed by atoms with E-state index in [1.165, 1.54) is 38.5 Å². The molecule has 0 aromatic heterocycles. The van der Waals surface area contributed by atoms with E-state index in [1.807, 2.05) is 14.1 Å². The van der Waals surface area contributed by atoms with Gasteiger partial charge in [-0.2, -0.15) is 0 Å². The third-order valence-corrected chi connectivity index (χ3v) is 3.98. The normalized spacial score (nSPS) is 20.7. The highest BCUT2D eigenvalue weighted by Gasteiger charge is 2.28. The Morgan fingerprint density at radius 2 is 1.80 bits per heavy atom. The second kappa shape index (κ2) is 11.3. The van der Waals surface area contributed by atoms with Crippen molar-refractivity contribution in [2.75, 3.05) is 20.6 Å². The number of carbonyl (C=O) groups excluding carboxylic acids is 1. The zero-order valence-corrected chi connectivity index (χ0v) is 14.3. The van der Waals surface area contributed by atoms with Crippen LogP contribution in [0.4, 0.5) is 0 Å². The molecule has 0 amide bonds. The summed E-state index contributed by atoms with van der Waals surface area (Å²) in [6.45, 7) is 3.16. The van der Waals surface area contributed by atoms with Gasteiger partial charge in [-0.25, -0.2) is 0 Å². The molecule has 2 nitrogen and oxygen atoms in total. The maximum absolute atomic E-state index is 12.2. The summed E-state index contributed by atoms with van der Waals surface area (Å²) >= 11 is 0. The fraction of sp³-hybridized carbons (Fsp3) is 0.824. The minimum absolute atomic E-state index is 0. The predicted octanol–water partition coefficient (Wildman–Crippen LogP) is 4.63. The van der Waals surface area contributed by atoms with Crippen LogP contribution >= 0.6 is 12.4 Å². The zero-order chi connectivity index (χ0) is 14.1. The van der Waals surface area contributed by atoms with Gasteiger partial charge in [0, 0.05) is 12.5 Å². The van der Waals surface area contributed by atoms with Gasteiger partial charge in [0.1, 0.15) is 0 Å². The van der Waals surface area contributed by atoms with Crippen LogP contribution in [0.15, 0.2) is 11.6 Å². The van der Waals surface area contributed by atoms with Gasteiger partial charge in [-0.1, -0.05) is 45.1 Å². The minimum Gasteiger partial charge on any atom is -0.309 e. The molecular formula is C17H32ClNO. The molecule has 1 saturated carbocycles.